The van der Waals surface area contributed by atoms with Crippen molar-refractivity contribution in [2.75, 3.05) is 6.54 Å². The van der Waals surface area contributed by atoms with Crippen LogP contribution in [0.2, 0.25) is 5.02 Å². The molecule has 0 saturated heterocycles. The molecule has 1 rings (SSSR count). The van der Waals surface area contributed by atoms with Crippen LogP contribution in [0.5, 0.6) is 0 Å². The van der Waals surface area contributed by atoms with E-state index in [1.807, 2.05) is 0 Å². The summed E-state index contributed by atoms with van der Waals surface area (Å²) in [5.74, 6) is -2.00. The number of aliphatic carboxylic acids is 1. The topological polar surface area (TPSA) is 99.5 Å². The zero-order chi connectivity index (χ0) is 13.1. The Hall–Kier alpha value is -1.66. The molecule has 0 bridgehead atoms. The SMILES string of the molecule is CC(O)(CNC(=O)c1ccc(Cl)cn1)C(=O)O. The fraction of sp³-hybridized carbons (Fsp3) is 0.300. The number of carboxylic acid groups (broad SMARTS) is 1. The van der Waals surface area contributed by atoms with Gasteiger partial charge in [-0.1, -0.05) is 11.6 Å². The van der Waals surface area contributed by atoms with Crippen LogP contribution in [-0.2, 0) is 4.79 Å². The van der Waals surface area contributed by atoms with Gasteiger partial charge in [-0.25, -0.2) is 9.78 Å². The molecule has 1 aromatic rings. The summed E-state index contributed by atoms with van der Waals surface area (Å²) in [7, 11) is 0. The van der Waals surface area contributed by atoms with Crippen molar-refractivity contribution < 1.29 is 19.8 Å². The molecule has 0 aliphatic rings. The van der Waals surface area contributed by atoms with Gasteiger partial charge in [-0.15, -0.1) is 0 Å². The van der Waals surface area contributed by atoms with E-state index in [2.05, 4.69) is 10.3 Å². The Morgan fingerprint density at radius 1 is 1.53 bits per heavy atom. The van der Waals surface area contributed by atoms with Gasteiger partial charge in [0.1, 0.15) is 5.69 Å². The Balaban J connectivity index is 2.62. The molecule has 6 nitrogen and oxygen atoms in total. The van der Waals surface area contributed by atoms with Gasteiger partial charge in [0.05, 0.1) is 11.6 Å². The Bertz CT molecular complexity index is 430. The van der Waals surface area contributed by atoms with Gasteiger partial charge >= 0.3 is 5.97 Å². The Morgan fingerprint density at radius 3 is 2.65 bits per heavy atom. The van der Waals surface area contributed by atoms with E-state index < -0.39 is 24.0 Å². The first-order valence-corrected chi connectivity index (χ1v) is 5.06. The van der Waals surface area contributed by atoms with E-state index in [9.17, 15) is 14.7 Å². The van der Waals surface area contributed by atoms with Crippen molar-refractivity contribution in [3.8, 4) is 0 Å². The second kappa shape index (κ2) is 5.11. The van der Waals surface area contributed by atoms with Gasteiger partial charge in [-0.05, 0) is 19.1 Å². The summed E-state index contributed by atoms with van der Waals surface area (Å²) in [4.78, 5) is 25.8. The Morgan fingerprint density at radius 2 is 2.18 bits per heavy atom. The third kappa shape index (κ3) is 3.69. The van der Waals surface area contributed by atoms with E-state index in [-0.39, 0.29) is 5.69 Å². The van der Waals surface area contributed by atoms with E-state index in [0.717, 1.165) is 6.92 Å². The predicted molar refractivity (Wildman–Crippen MR) is 59.8 cm³/mol. The quantitative estimate of drug-likeness (QED) is 0.721. The number of halogens is 1. The lowest BCUT2D eigenvalue weighted by Crippen LogP contribution is -2.46. The normalized spacial score (nSPS) is 13.8. The van der Waals surface area contributed by atoms with Crippen LogP contribution in [0.25, 0.3) is 0 Å². The van der Waals surface area contributed by atoms with Gasteiger partial charge < -0.3 is 15.5 Å². The summed E-state index contributed by atoms with van der Waals surface area (Å²) in [6.07, 6.45) is 1.30. The van der Waals surface area contributed by atoms with Crippen LogP contribution >= 0.6 is 11.6 Å². The highest BCUT2D eigenvalue weighted by Gasteiger charge is 2.30. The molecule has 1 amide bonds. The van der Waals surface area contributed by atoms with Crippen LogP contribution in [0, 0.1) is 0 Å². The van der Waals surface area contributed by atoms with Crippen molar-refractivity contribution in [3.63, 3.8) is 0 Å². The van der Waals surface area contributed by atoms with E-state index in [1.165, 1.54) is 18.3 Å². The van der Waals surface area contributed by atoms with Crippen LogP contribution in [0.3, 0.4) is 0 Å². The van der Waals surface area contributed by atoms with Gasteiger partial charge in [0.25, 0.3) is 5.91 Å². The molecule has 0 aromatic carbocycles. The Kier molecular flexibility index (Phi) is 4.03. The van der Waals surface area contributed by atoms with Gasteiger partial charge in [-0.3, -0.25) is 4.79 Å². The number of carbonyl (C=O) groups is 2. The standard InChI is InChI=1S/C10H11ClN2O4/c1-10(17,9(15)16)5-13-8(14)7-3-2-6(11)4-12-7/h2-4,17H,5H2,1H3,(H,13,14)(H,15,16). The lowest BCUT2D eigenvalue weighted by Gasteiger charge is -2.17. The molecule has 0 fully saturated rings. The fourth-order valence-corrected chi connectivity index (χ4v) is 1.04. The third-order valence-electron chi connectivity index (χ3n) is 2.01. The number of amides is 1. The highest BCUT2D eigenvalue weighted by Crippen LogP contribution is 2.06. The lowest BCUT2D eigenvalue weighted by molar-refractivity contribution is -0.155. The van der Waals surface area contributed by atoms with Crippen molar-refractivity contribution in [3.05, 3.63) is 29.0 Å². The predicted octanol–water partition coefficient (Wildman–Crippen LogP) is 0.300. The minimum atomic E-state index is -2.01. The number of aromatic nitrogens is 1. The highest BCUT2D eigenvalue weighted by atomic mass is 35.5. The maximum Gasteiger partial charge on any atom is 0.337 e. The van der Waals surface area contributed by atoms with Crippen molar-refractivity contribution in [1.29, 1.82) is 0 Å². The smallest absolute Gasteiger partial charge is 0.337 e. The molecule has 0 aliphatic heterocycles. The lowest BCUT2D eigenvalue weighted by atomic mass is 10.1. The minimum absolute atomic E-state index is 0.0931. The maximum absolute atomic E-state index is 11.5. The first kappa shape index (κ1) is 13.4. The number of aliphatic hydroxyl groups is 1. The van der Waals surface area contributed by atoms with Crippen molar-refractivity contribution >= 4 is 23.5 Å². The van der Waals surface area contributed by atoms with Gasteiger partial charge in [-0.2, -0.15) is 0 Å². The molecule has 0 spiro atoms. The number of hydrogen-bond acceptors (Lipinski definition) is 4. The second-order valence-corrected chi connectivity index (χ2v) is 4.06. The minimum Gasteiger partial charge on any atom is -0.479 e. The van der Waals surface area contributed by atoms with E-state index >= 15 is 0 Å². The van der Waals surface area contributed by atoms with Crippen molar-refractivity contribution in [1.82, 2.24) is 10.3 Å². The number of carbonyl (C=O) groups excluding carboxylic acids is 1. The van der Waals surface area contributed by atoms with Crippen LogP contribution in [-0.4, -0.2) is 39.2 Å². The van der Waals surface area contributed by atoms with Crippen molar-refractivity contribution in [2.45, 2.75) is 12.5 Å². The molecule has 0 saturated carbocycles. The summed E-state index contributed by atoms with van der Waals surface area (Å²) in [5.41, 5.74) is -1.92. The first-order chi connectivity index (χ1) is 7.83. The van der Waals surface area contributed by atoms with Crippen LogP contribution < -0.4 is 5.32 Å². The number of pyridine rings is 1. The monoisotopic (exact) mass is 258 g/mol. The fourth-order valence-electron chi connectivity index (χ4n) is 0.929. The number of nitrogens with zero attached hydrogens (tertiary/aromatic N) is 1. The largest absolute Gasteiger partial charge is 0.479 e. The molecule has 1 heterocycles. The molecule has 0 radical (unpaired) electrons. The average Bonchev–Trinajstić information content (AvgIpc) is 2.27. The zero-order valence-corrected chi connectivity index (χ0v) is 9.73. The highest BCUT2D eigenvalue weighted by molar-refractivity contribution is 6.30. The van der Waals surface area contributed by atoms with E-state index in [4.69, 9.17) is 16.7 Å². The second-order valence-electron chi connectivity index (χ2n) is 3.62. The van der Waals surface area contributed by atoms with E-state index in [0.29, 0.717) is 5.02 Å². The van der Waals surface area contributed by atoms with Gasteiger partial charge in [0.2, 0.25) is 0 Å². The number of rotatable bonds is 4. The van der Waals surface area contributed by atoms with E-state index in [1.54, 1.807) is 0 Å². The first-order valence-electron chi connectivity index (χ1n) is 4.68. The molecular formula is C10H11ClN2O4. The van der Waals surface area contributed by atoms with Crippen LogP contribution in [0.1, 0.15) is 17.4 Å². The molecule has 1 unspecified atom stereocenters. The summed E-state index contributed by atoms with van der Waals surface area (Å²) in [5, 5.41) is 20.7. The number of carboxylic acids is 1. The van der Waals surface area contributed by atoms with Gasteiger partial charge in [0, 0.05) is 6.20 Å². The van der Waals surface area contributed by atoms with Gasteiger partial charge in [0.15, 0.2) is 5.60 Å². The Labute approximate surface area is 102 Å². The summed E-state index contributed by atoms with van der Waals surface area (Å²) >= 11 is 5.60. The summed E-state index contributed by atoms with van der Waals surface area (Å²) in [6.45, 7) is 0.677. The molecule has 92 valence electrons. The molecule has 0 aliphatic carbocycles. The van der Waals surface area contributed by atoms with Crippen LogP contribution in [0.15, 0.2) is 18.3 Å². The molecule has 1 atom stereocenters. The summed E-state index contributed by atoms with van der Waals surface area (Å²) in [6, 6.07) is 2.88. The summed E-state index contributed by atoms with van der Waals surface area (Å²) < 4.78 is 0. The van der Waals surface area contributed by atoms with Crippen molar-refractivity contribution in [2.24, 2.45) is 0 Å². The van der Waals surface area contributed by atoms with Crippen LogP contribution in [0.4, 0.5) is 0 Å². The number of nitrogens with one attached hydrogen (secondary N) is 1. The number of hydrogen-bond donors (Lipinski definition) is 3. The molecule has 3 N–H and O–H groups in total. The molecule has 1 aromatic heterocycles. The molecule has 17 heavy (non-hydrogen) atoms. The molecule has 7 heteroatoms. The molecular weight excluding hydrogens is 248 g/mol. The third-order valence-corrected chi connectivity index (χ3v) is 2.24. The zero-order valence-electron chi connectivity index (χ0n) is 8.98. The average molecular weight is 259 g/mol. The maximum atomic E-state index is 11.5.